The summed E-state index contributed by atoms with van der Waals surface area (Å²) in [5.74, 6) is 0.0118. The zero-order chi connectivity index (χ0) is 13.9. The first-order chi connectivity index (χ1) is 8.25. The maximum atomic E-state index is 12.2. The summed E-state index contributed by atoms with van der Waals surface area (Å²) in [6.07, 6.45) is 0. The first kappa shape index (κ1) is 14.5. The molecule has 2 N–H and O–H groups in total. The highest BCUT2D eigenvalue weighted by Gasteiger charge is 2.27. The minimum atomic E-state index is -3.85. The molecule has 0 atom stereocenters. The molecule has 1 aromatic rings. The molecular formula is C12H18N2O3S. The predicted octanol–water partition coefficient (Wildman–Crippen LogP) is 1.72. The third-order valence-corrected chi connectivity index (χ3v) is 4.16. The van der Waals surface area contributed by atoms with E-state index in [0.29, 0.717) is 4.31 Å². The minimum absolute atomic E-state index is 0.0118. The molecule has 0 saturated heterocycles. The number of nitrogens with zero attached hydrogens (tertiary/aromatic N) is 1. The number of urea groups is 1. The lowest BCUT2D eigenvalue weighted by molar-refractivity contribution is 0.228. The number of rotatable bonds is 4. The molecule has 0 aliphatic heterocycles. The summed E-state index contributed by atoms with van der Waals surface area (Å²) in [5.41, 5.74) is 6.09. The van der Waals surface area contributed by atoms with E-state index >= 15 is 0 Å². The van der Waals surface area contributed by atoms with E-state index in [1.807, 2.05) is 20.8 Å². The highest BCUT2D eigenvalue weighted by atomic mass is 32.2. The van der Waals surface area contributed by atoms with Crippen molar-refractivity contribution in [2.24, 2.45) is 11.7 Å². The second kappa shape index (κ2) is 5.39. The van der Waals surface area contributed by atoms with Gasteiger partial charge in [0.25, 0.3) is 10.0 Å². The van der Waals surface area contributed by atoms with Gasteiger partial charge in [-0.1, -0.05) is 31.5 Å². The maximum absolute atomic E-state index is 12.2. The van der Waals surface area contributed by atoms with Crippen LogP contribution >= 0.6 is 0 Å². The molecule has 0 aliphatic carbocycles. The smallest absolute Gasteiger partial charge is 0.328 e. The van der Waals surface area contributed by atoms with Crippen LogP contribution in [0.15, 0.2) is 29.2 Å². The molecule has 1 aromatic carbocycles. The number of sulfonamides is 1. The molecule has 0 heterocycles. The molecule has 0 spiro atoms. The van der Waals surface area contributed by atoms with Crippen LogP contribution in [0.2, 0.25) is 0 Å². The third-order valence-electron chi connectivity index (χ3n) is 2.39. The molecule has 1 rings (SSSR count). The lowest BCUT2D eigenvalue weighted by Gasteiger charge is -2.22. The van der Waals surface area contributed by atoms with Gasteiger partial charge in [-0.25, -0.2) is 17.5 Å². The Morgan fingerprint density at radius 1 is 1.28 bits per heavy atom. The molecule has 0 aliphatic rings. The minimum Gasteiger partial charge on any atom is -0.351 e. The number of hydrogen-bond donors (Lipinski definition) is 1. The number of benzene rings is 1. The Kier molecular flexibility index (Phi) is 4.34. The van der Waals surface area contributed by atoms with E-state index in [4.69, 9.17) is 5.73 Å². The van der Waals surface area contributed by atoms with E-state index in [1.54, 1.807) is 12.1 Å². The summed E-state index contributed by atoms with van der Waals surface area (Å²) in [6.45, 7) is 5.57. The summed E-state index contributed by atoms with van der Waals surface area (Å²) < 4.78 is 25.2. The molecule has 0 saturated carbocycles. The van der Waals surface area contributed by atoms with Crippen LogP contribution in [0.3, 0.4) is 0 Å². The maximum Gasteiger partial charge on any atom is 0.328 e. The summed E-state index contributed by atoms with van der Waals surface area (Å²) in [6, 6.07) is 5.36. The van der Waals surface area contributed by atoms with Crippen molar-refractivity contribution in [3.63, 3.8) is 0 Å². The number of aryl methyl sites for hydroxylation is 1. The van der Waals surface area contributed by atoms with E-state index in [2.05, 4.69) is 0 Å². The molecule has 18 heavy (non-hydrogen) atoms. The Balaban J connectivity index is 3.17. The van der Waals surface area contributed by atoms with E-state index < -0.39 is 16.1 Å². The van der Waals surface area contributed by atoms with E-state index in [1.165, 1.54) is 12.1 Å². The molecule has 0 aromatic heterocycles. The van der Waals surface area contributed by atoms with Gasteiger partial charge in [0, 0.05) is 6.54 Å². The van der Waals surface area contributed by atoms with Crippen LogP contribution in [0, 0.1) is 12.8 Å². The largest absolute Gasteiger partial charge is 0.351 e. The van der Waals surface area contributed by atoms with Gasteiger partial charge in [0.1, 0.15) is 0 Å². The van der Waals surface area contributed by atoms with Crippen LogP contribution in [0.1, 0.15) is 19.4 Å². The Hall–Kier alpha value is -1.56. The van der Waals surface area contributed by atoms with Crippen molar-refractivity contribution in [2.45, 2.75) is 25.7 Å². The molecule has 0 unspecified atom stereocenters. The monoisotopic (exact) mass is 270 g/mol. The van der Waals surface area contributed by atoms with Gasteiger partial charge in [-0.3, -0.25) is 0 Å². The average molecular weight is 270 g/mol. The van der Waals surface area contributed by atoms with Gasteiger partial charge in [0.15, 0.2) is 0 Å². The summed E-state index contributed by atoms with van der Waals surface area (Å²) >= 11 is 0. The Labute approximate surface area is 108 Å². The van der Waals surface area contributed by atoms with Gasteiger partial charge in [-0.15, -0.1) is 0 Å². The van der Waals surface area contributed by atoms with Gasteiger partial charge < -0.3 is 5.73 Å². The quantitative estimate of drug-likeness (QED) is 0.904. The standard InChI is InChI=1S/C12H18N2O3S/c1-9(2)8-14(12(13)15)18(16,17)11-6-4-10(3)5-7-11/h4-7,9H,8H2,1-3H3,(H2,13,15). The molecule has 0 bridgehead atoms. The lowest BCUT2D eigenvalue weighted by Crippen LogP contribution is -2.42. The number of nitrogens with two attached hydrogens (primary N) is 1. The van der Waals surface area contributed by atoms with Crippen molar-refractivity contribution in [2.75, 3.05) is 6.54 Å². The average Bonchev–Trinajstić information content (AvgIpc) is 2.25. The van der Waals surface area contributed by atoms with Crippen molar-refractivity contribution >= 4 is 16.1 Å². The molecular weight excluding hydrogens is 252 g/mol. The van der Waals surface area contributed by atoms with Gasteiger partial charge in [0.2, 0.25) is 0 Å². The molecule has 6 heteroatoms. The molecule has 100 valence electrons. The fourth-order valence-corrected chi connectivity index (χ4v) is 2.94. The number of primary amides is 1. The SMILES string of the molecule is Cc1ccc(S(=O)(=O)N(CC(C)C)C(N)=O)cc1. The predicted molar refractivity (Wildman–Crippen MR) is 69.5 cm³/mol. The second-order valence-electron chi connectivity index (χ2n) is 4.58. The van der Waals surface area contributed by atoms with Crippen LogP contribution in [0.25, 0.3) is 0 Å². The lowest BCUT2D eigenvalue weighted by atomic mass is 10.2. The zero-order valence-electron chi connectivity index (χ0n) is 10.8. The fraction of sp³-hybridized carbons (Fsp3) is 0.417. The molecule has 2 amide bonds. The van der Waals surface area contributed by atoms with Crippen LogP contribution in [0.5, 0.6) is 0 Å². The Morgan fingerprint density at radius 3 is 2.17 bits per heavy atom. The number of amides is 2. The Morgan fingerprint density at radius 2 is 1.78 bits per heavy atom. The first-order valence-corrected chi connectivity index (χ1v) is 7.08. The van der Waals surface area contributed by atoms with Gasteiger partial charge in [-0.05, 0) is 25.0 Å². The van der Waals surface area contributed by atoms with Crippen LogP contribution in [0.4, 0.5) is 4.79 Å². The molecule has 5 nitrogen and oxygen atoms in total. The highest BCUT2D eigenvalue weighted by molar-refractivity contribution is 7.89. The van der Waals surface area contributed by atoms with Gasteiger partial charge in [-0.2, -0.15) is 0 Å². The van der Waals surface area contributed by atoms with Crippen molar-refractivity contribution in [3.8, 4) is 0 Å². The fourth-order valence-electron chi connectivity index (χ4n) is 1.48. The summed E-state index contributed by atoms with van der Waals surface area (Å²) in [7, 11) is -3.85. The van der Waals surface area contributed by atoms with E-state index in [0.717, 1.165) is 5.56 Å². The van der Waals surface area contributed by atoms with Gasteiger partial charge in [0.05, 0.1) is 4.90 Å². The topological polar surface area (TPSA) is 80.5 Å². The third kappa shape index (κ3) is 3.22. The first-order valence-electron chi connectivity index (χ1n) is 5.64. The van der Waals surface area contributed by atoms with Crippen molar-refractivity contribution in [1.82, 2.24) is 4.31 Å². The molecule has 0 radical (unpaired) electrons. The molecule has 0 fully saturated rings. The summed E-state index contributed by atoms with van der Waals surface area (Å²) in [5, 5.41) is 0. The van der Waals surface area contributed by atoms with Crippen LogP contribution in [-0.2, 0) is 10.0 Å². The number of hydrogen-bond acceptors (Lipinski definition) is 3. The van der Waals surface area contributed by atoms with Crippen molar-refractivity contribution in [1.29, 1.82) is 0 Å². The van der Waals surface area contributed by atoms with Gasteiger partial charge >= 0.3 is 6.03 Å². The number of carbonyl (C=O) groups is 1. The second-order valence-corrected chi connectivity index (χ2v) is 6.44. The van der Waals surface area contributed by atoms with Crippen LogP contribution in [-0.4, -0.2) is 25.3 Å². The van der Waals surface area contributed by atoms with Crippen LogP contribution < -0.4 is 5.73 Å². The van der Waals surface area contributed by atoms with E-state index in [-0.39, 0.29) is 17.4 Å². The van der Waals surface area contributed by atoms with E-state index in [9.17, 15) is 13.2 Å². The Bertz CT molecular complexity index is 521. The zero-order valence-corrected chi connectivity index (χ0v) is 11.6. The normalized spacial score (nSPS) is 11.6. The highest BCUT2D eigenvalue weighted by Crippen LogP contribution is 2.17. The number of carbonyl (C=O) groups excluding carboxylic acids is 1. The van der Waals surface area contributed by atoms with Crippen molar-refractivity contribution < 1.29 is 13.2 Å². The summed E-state index contributed by atoms with van der Waals surface area (Å²) in [4.78, 5) is 11.4. The van der Waals surface area contributed by atoms with Crippen molar-refractivity contribution in [3.05, 3.63) is 29.8 Å².